The molecule has 0 amide bonds. The van der Waals surface area contributed by atoms with Gasteiger partial charge in [-0.15, -0.1) is 0 Å². The van der Waals surface area contributed by atoms with Gasteiger partial charge in [0.15, 0.2) is 0 Å². The largest absolute Gasteiger partial charge is 0.396 e. The molecule has 2 nitrogen and oxygen atoms in total. The van der Waals surface area contributed by atoms with Crippen LogP contribution in [0.3, 0.4) is 0 Å². The molecule has 0 heterocycles. The first-order valence-corrected chi connectivity index (χ1v) is 9.29. The first-order valence-electron chi connectivity index (χ1n) is 8.92. The van der Waals surface area contributed by atoms with Crippen molar-refractivity contribution in [1.29, 1.82) is 0 Å². The van der Waals surface area contributed by atoms with Gasteiger partial charge in [-0.25, -0.2) is 0 Å². The molecule has 3 heteroatoms. The fraction of sp³-hybridized carbons (Fsp3) is 0.944. The van der Waals surface area contributed by atoms with E-state index < -0.39 is 0 Å². The molecule has 0 aromatic carbocycles. The van der Waals surface area contributed by atoms with E-state index in [9.17, 15) is 4.79 Å². The van der Waals surface area contributed by atoms with E-state index >= 15 is 0 Å². The van der Waals surface area contributed by atoms with Crippen molar-refractivity contribution in [3.63, 3.8) is 0 Å². The summed E-state index contributed by atoms with van der Waals surface area (Å²) in [5.41, 5.74) is 0. The average molecular weight is 321 g/mol. The lowest BCUT2D eigenvalue weighted by atomic mass is 10.0. The maximum Gasteiger partial charge on any atom is 0.218 e. The first kappa shape index (κ1) is 23.2. The lowest BCUT2D eigenvalue weighted by Gasteiger charge is -2.02. The average Bonchev–Trinajstić information content (AvgIpc) is 2.43. The predicted octanol–water partition coefficient (Wildman–Crippen LogP) is 6.23. The fourth-order valence-electron chi connectivity index (χ4n) is 2.31. The summed E-state index contributed by atoms with van der Waals surface area (Å²) in [6.45, 7) is 3.94. The summed E-state index contributed by atoms with van der Waals surface area (Å²) in [6, 6.07) is 0. The van der Waals surface area contributed by atoms with Crippen molar-refractivity contribution < 1.29 is 9.90 Å². The number of rotatable bonds is 14. The van der Waals surface area contributed by atoms with Crippen LogP contribution in [-0.4, -0.2) is 17.0 Å². The smallest absolute Gasteiger partial charge is 0.218 e. The molecule has 128 valence electrons. The molecule has 0 saturated heterocycles. The number of carbonyl (C=O) groups excluding carboxylic acids is 1. The third-order valence-electron chi connectivity index (χ3n) is 3.51. The van der Waals surface area contributed by atoms with Crippen LogP contribution < -0.4 is 0 Å². The van der Waals surface area contributed by atoms with Crippen LogP contribution in [0, 0.1) is 0 Å². The van der Waals surface area contributed by atoms with Crippen LogP contribution in [0.2, 0.25) is 0 Å². The van der Waals surface area contributed by atoms with Crippen molar-refractivity contribution in [2.75, 3.05) is 6.61 Å². The minimum atomic E-state index is -0.361. The quantitative estimate of drug-likeness (QED) is 0.304. The predicted molar refractivity (Wildman–Crippen MR) is 93.9 cm³/mol. The summed E-state index contributed by atoms with van der Waals surface area (Å²) in [5.74, 6) is 0. The van der Waals surface area contributed by atoms with Crippen LogP contribution in [-0.2, 0) is 4.79 Å². The number of aliphatic hydroxyl groups excluding tert-OH is 1. The van der Waals surface area contributed by atoms with Crippen molar-refractivity contribution in [2.24, 2.45) is 0 Å². The molecule has 0 aromatic heterocycles. The molecule has 21 heavy (non-hydrogen) atoms. The highest BCUT2D eigenvalue weighted by molar-refractivity contribution is 6.62. The second-order valence-corrected chi connectivity index (χ2v) is 6.32. The Labute approximate surface area is 137 Å². The molecule has 1 N–H and O–H groups in total. The molecule has 0 spiro atoms. The van der Waals surface area contributed by atoms with Gasteiger partial charge in [0.05, 0.1) is 0 Å². The lowest BCUT2D eigenvalue weighted by molar-refractivity contribution is -0.109. The zero-order valence-corrected chi connectivity index (χ0v) is 15.1. The van der Waals surface area contributed by atoms with Crippen LogP contribution in [0.15, 0.2) is 0 Å². The van der Waals surface area contributed by atoms with Crippen LogP contribution in [0.25, 0.3) is 0 Å². The van der Waals surface area contributed by atoms with Gasteiger partial charge in [-0.2, -0.15) is 0 Å². The molecule has 0 aliphatic heterocycles. The van der Waals surface area contributed by atoms with E-state index in [2.05, 4.69) is 18.5 Å². The number of hydrogen-bond acceptors (Lipinski definition) is 2. The summed E-state index contributed by atoms with van der Waals surface area (Å²) in [4.78, 5) is 9.21. The number of carbonyl (C=O) groups is 1. The molecule has 0 atom stereocenters. The van der Waals surface area contributed by atoms with Gasteiger partial charge in [-0.3, -0.25) is 4.79 Å². The zero-order chi connectivity index (χ0) is 16.2. The van der Waals surface area contributed by atoms with E-state index in [4.69, 9.17) is 5.11 Å². The third kappa shape index (κ3) is 33.0. The Morgan fingerprint density at radius 3 is 1.19 bits per heavy atom. The van der Waals surface area contributed by atoms with E-state index in [1.54, 1.807) is 0 Å². The molecule has 0 radical (unpaired) electrons. The molecule has 0 unspecified atom stereocenters. The van der Waals surface area contributed by atoms with Gasteiger partial charge in [0.2, 0.25) is 5.24 Å². The second-order valence-electron chi connectivity index (χ2n) is 5.79. The Morgan fingerprint density at radius 2 is 0.952 bits per heavy atom. The van der Waals surface area contributed by atoms with Gasteiger partial charge >= 0.3 is 0 Å². The summed E-state index contributed by atoms with van der Waals surface area (Å²) < 4.78 is 0. The monoisotopic (exact) mass is 320 g/mol. The SMILES string of the molecule is CC(=O)Cl.CCCCCCCCCCCCCCCCO. The molecular formula is C18H37ClO2. The number of unbranched alkanes of at least 4 members (excludes halogenated alkanes) is 13. The van der Waals surface area contributed by atoms with Gasteiger partial charge in [0, 0.05) is 13.5 Å². The fourth-order valence-corrected chi connectivity index (χ4v) is 2.31. The Balaban J connectivity index is 0. The second kappa shape index (κ2) is 22.2. The molecular weight excluding hydrogens is 284 g/mol. The minimum absolute atomic E-state index is 0.361. The number of aliphatic hydroxyl groups is 1. The van der Waals surface area contributed by atoms with Gasteiger partial charge in [0.25, 0.3) is 0 Å². The van der Waals surface area contributed by atoms with Crippen molar-refractivity contribution in [3.05, 3.63) is 0 Å². The van der Waals surface area contributed by atoms with Crippen molar-refractivity contribution in [3.8, 4) is 0 Å². The van der Waals surface area contributed by atoms with Crippen molar-refractivity contribution in [2.45, 2.75) is 104 Å². The summed E-state index contributed by atoms with van der Waals surface area (Å²) >= 11 is 4.64. The summed E-state index contributed by atoms with van der Waals surface area (Å²) in [5, 5.41) is 8.28. The van der Waals surface area contributed by atoms with E-state index in [1.807, 2.05) is 0 Å². The van der Waals surface area contributed by atoms with Crippen molar-refractivity contribution >= 4 is 16.8 Å². The van der Waals surface area contributed by atoms with E-state index in [0.717, 1.165) is 6.42 Å². The lowest BCUT2D eigenvalue weighted by Crippen LogP contribution is -1.84. The van der Waals surface area contributed by atoms with Crippen LogP contribution in [0.5, 0.6) is 0 Å². The highest BCUT2D eigenvalue weighted by atomic mass is 35.5. The molecule has 0 bridgehead atoms. The van der Waals surface area contributed by atoms with Crippen LogP contribution in [0.1, 0.15) is 104 Å². The Morgan fingerprint density at radius 1 is 0.714 bits per heavy atom. The third-order valence-corrected chi connectivity index (χ3v) is 3.51. The van der Waals surface area contributed by atoms with E-state index in [-0.39, 0.29) is 5.24 Å². The highest BCUT2D eigenvalue weighted by Crippen LogP contribution is 2.12. The Bertz CT molecular complexity index is 178. The van der Waals surface area contributed by atoms with E-state index in [0.29, 0.717) is 6.61 Å². The van der Waals surface area contributed by atoms with Gasteiger partial charge in [-0.1, -0.05) is 90.4 Å². The number of halogens is 1. The maximum atomic E-state index is 9.21. The molecule has 0 aliphatic carbocycles. The van der Waals surface area contributed by atoms with Crippen LogP contribution in [0.4, 0.5) is 0 Å². The maximum absolute atomic E-state index is 9.21. The van der Waals surface area contributed by atoms with E-state index in [1.165, 1.54) is 90.4 Å². The molecule has 0 fully saturated rings. The highest BCUT2D eigenvalue weighted by Gasteiger charge is 1.93. The summed E-state index contributed by atoms with van der Waals surface area (Å²) in [6.07, 6.45) is 19.2. The van der Waals surface area contributed by atoms with Gasteiger partial charge in [-0.05, 0) is 18.0 Å². The number of hydrogen-bond donors (Lipinski definition) is 1. The van der Waals surface area contributed by atoms with Crippen LogP contribution >= 0.6 is 11.6 Å². The van der Waals surface area contributed by atoms with Gasteiger partial charge < -0.3 is 5.11 Å². The standard InChI is InChI=1S/C16H34O.C2H3ClO/c1-2-3-4-5-6-7-8-9-10-11-12-13-14-15-16-17;1-2(3)4/h17H,2-16H2,1H3;1H3. The zero-order valence-electron chi connectivity index (χ0n) is 14.3. The van der Waals surface area contributed by atoms with Gasteiger partial charge in [0.1, 0.15) is 0 Å². The normalized spacial score (nSPS) is 10.1. The van der Waals surface area contributed by atoms with Crippen molar-refractivity contribution in [1.82, 2.24) is 0 Å². The summed E-state index contributed by atoms with van der Waals surface area (Å²) in [7, 11) is 0. The Kier molecular flexibility index (Phi) is 24.5. The topological polar surface area (TPSA) is 37.3 Å². The molecule has 0 aromatic rings. The molecule has 0 saturated carbocycles. The first-order chi connectivity index (χ1) is 10.1. The Hall–Kier alpha value is -0.0800. The molecule has 0 rings (SSSR count). The molecule has 0 aliphatic rings. The minimum Gasteiger partial charge on any atom is -0.396 e.